The van der Waals surface area contributed by atoms with E-state index in [0.29, 0.717) is 0 Å². The van der Waals surface area contributed by atoms with Crippen LogP contribution in [0.1, 0.15) is 8.27 Å². The van der Waals surface area contributed by atoms with E-state index < -0.39 is 31.0 Å². The molecule has 0 saturated heterocycles. The van der Waals surface area contributed by atoms with Crippen molar-refractivity contribution in [2.45, 2.75) is 19.1 Å². The Hall–Kier alpha value is -1.27. The van der Waals surface area contributed by atoms with Crippen LogP contribution in [0, 0.1) is 0 Å². The largest absolute Gasteiger partial charge is 0.480 e. The maximum atomic E-state index is 11.5. The van der Waals surface area contributed by atoms with Crippen molar-refractivity contribution in [3.63, 3.8) is 0 Å². The van der Waals surface area contributed by atoms with Crippen LogP contribution in [-0.2, 0) is 9.59 Å². The smallest absolute Gasteiger partial charge is 0.471 e. The lowest BCUT2D eigenvalue weighted by Crippen LogP contribution is -2.45. The maximum absolute atomic E-state index is 11.5. The Morgan fingerprint density at radius 2 is 2.08 bits per heavy atom. The third kappa shape index (κ3) is 3.22. The molecule has 7 heteroatoms. The second-order valence-electron chi connectivity index (χ2n) is 1.86. The summed E-state index contributed by atoms with van der Waals surface area (Å²) in [6.07, 6.45) is -5.12. The zero-order valence-electron chi connectivity index (χ0n) is 6.68. The Labute approximate surface area is 66.8 Å². The fourth-order valence-corrected chi connectivity index (χ4v) is 0.302. The van der Waals surface area contributed by atoms with Gasteiger partial charge in [0.2, 0.25) is 0 Å². The van der Waals surface area contributed by atoms with Crippen LogP contribution in [0.2, 0.25) is 0 Å². The number of alkyl halides is 3. The summed E-state index contributed by atoms with van der Waals surface area (Å²) in [7, 11) is 0. The van der Waals surface area contributed by atoms with Crippen LogP contribution in [0.3, 0.4) is 0 Å². The molecule has 0 aromatic heterocycles. The summed E-state index contributed by atoms with van der Waals surface area (Å²) in [4.78, 5) is 20.2. The van der Waals surface area contributed by atoms with Crippen molar-refractivity contribution in [3.8, 4) is 0 Å². The van der Waals surface area contributed by atoms with Gasteiger partial charge in [-0.1, -0.05) is 0 Å². The van der Waals surface area contributed by atoms with E-state index >= 15 is 0 Å². The van der Waals surface area contributed by atoms with Crippen molar-refractivity contribution in [1.82, 2.24) is 5.32 Å². The molecule has 1 atom stereocenters. The van der Waals surface area contributed by atoms with E-state index in [1.807, 2.05) is 0 Å². The van der Waals surface area contributed by atoms with Crippen LogP contribution in [-0.4, -0.2) is 29.2 Å². The van der Waals surface area contributed by atoms with E-state index in [0.717, 1.165) is 5.32 Å². The highest BCUT2D eigenvalue weighted by atomic mass is 19.4. The normalized spacial score (nSPS) is 14.8. The minimum Gasteiger partial charge on any atom is -0.480 e. The molecule has 0 bridgehead atoms. The molecule has 1 amide bonds. The van der Waals surface area contributed by atoms with E-state index in [4.69, 9.17) is 6.48 Å². The third-order valence-electron chi connectivity index (χ3n) is 0.861. The van der Waals surface area contributed by atoms with Gasteiger partial charge in [-0.05, 0) is 6.90 Å². The fraction of sp³-hybridized carbons (Fsp3) is 0.600. The van der Waals surface area contributed by atoms with Gasteiger partial charge in [0, 0.05) is 1.37 Å². The summed E-state index contributed by atoms with van der Waals surface area (Å²) in [6, 6.07) is -1.82. The second kappa shape index (κ2) is 3.42. The van der Waals surface area contributed by atoms with Gasteiger partial charge in [0.05, 0.1) is 0 Å². The Bertz CT molecular complexity index is 218. The number of halogens is 3. The molecule has 4 nitrogen and oxygen atoms in total. The zero-order valence-corrected chi connectivity index (χ0v) is 5.68. The highest BCUT2D eigenvalue weighted by Gasteiger charge is 2.39. The summed E-state index contributed by atoms with van der Waals surface area (Å²) in [5.74, 6) is -4.03. The number of carboxylic acid groups (broad SMARTS) is 1. The number of hydrogen-bond donors (Lipinski definition) is 2. The van der Waals surface area contributed by atoms with Gasteiger partial charge in [-0.25, -0.2) is 0 Å². The molecule has 0 rings (SSSR count). The van der Waals surface area contributed by atoms with Crippen molar-refractivity contribution in [1.29, 1.82) is 0 Å². The second-order valence-corrected chi connectivity index (χ2v) is 1.86. The lowest BCUT2D eigenvalue weighted by molar-refractivity contribution is -0.175. The van der Waals surface area contributed by atoms with Gasteiger partial charge in [0.15, 0.2) is 0 Å². The van der Waals surface area contributed by atoms with Gasteiger partial charge in [-0.15, -0.1) is 0 Å². The third-order valence-corrected chi connectivity index (χ3v) is 0.861. The first-order valence-corrected chi connectivity index (χ1v) is 2.68. The SMILES string of the molecule is [2H]C[C@H](NC(=O)C(F)(F)F)C(=O)O. The predicted molar refractivity (Wildman–Crippen MR) is 31.3 cm³/mol. The van der Waals surface area contributed by atoms with Gasteiger partial charge in [-0.3, -0.25) is 9.59 Å². The van der Waals surface area contributed by atoms with Gasteiger partial charge in [0.1, 0.15) is 6.04 Å². The van der Waals surface area contributed by atoms with E-state index in [1.54, 1.807) is 0 Å². The Morgan fingerprint density at radius 3 is 2.33 bits per heavy atom. The quantitative estimate of drug-likeness (QED) is 0.644. The van der Waals surface area contributed by atoms with Crippen LogP contribution >= 0.6 is 0 Å². The molecule has 0 aliphatic heterocycles. The van der Waals surface area contributed by atoms with Crippen LogP contribution in [0.4, 0.5) is 13.2 Å². The number of carbonyl (C=O) groups excluding carboxylic acids is 1. The van der Waals surface area contributed by atoms with Gasteiger partial charge in [-0.2, -0.15) is 13.2 Å². The van der Waals surface area contributed by atoms with Crippen molar-refractivity contribution < 1.29 is 29.2 Å². The molecule has 70 valence electrons. The van der Waals surface area contributed by atoms with Crippen molar-refractivity contribution in [2.24, 2.45) is 0 Å². The Kier molecular flexibility index (Phi) is 2.51. The van der Waals surface area contributed by atoms with Crippen molar-refractivity contribution >= 4 is 11.9 Å². The number of hydrogen-bond acceptors (Lipinski definition) is 2. The summed E-state index contributed by atoms with van der Waals surface area (Å²) < 4.78 is 41.2. The van der Waals surface area contributed by atoms with Crippen molar-refractivity contribution in [2.75, 3.05) is 0 Å². The molecule has 0 fully saturated rings. The first-order chi connectivity index (χ1) is 5.79. The van der Waals surface area contributed by atoms with Gasteiger partial charge >= 0.3 is 18.1 Å². The first kappa shape index (κ1) is 8.82. The number of amides is 1. The monoisotopic (exact) mass is 186 g/mol. The fourth-order valence-electron chi connectivity index (χ4n) is 0.302. The average molecular weight is 186 g/mol. The minimum absolute atomic E-state index is 0.850. The molecule has 0 aromatic carbocycles. The highest BCUT2D eigenvalue weighted by Crippen LogP contribution is 2.14. The van der Waals surface area contributed by atoms with E-state index in [-0.39, 0.29) is 0 Å². The van der Waals surface area contributed by atoms with Gasteiger partial charge in [0.25, 0.3) is 0 Å². The van der Waals surface area contributed by atoms with Gasteiger partial charge < -0.3 is 10.4 Å². The Morgan fingerprint density at radius 1 is 1.58 bits per heavy atom. The van der Waals surface area contributed by atoms with Crippen LogP contribution in [0.25, 0.3) is 0 Å². The molecule has 0 aromatic rings. The molecule has 0 aliphatic carbocycles. The lowest BCUT2D eigenvalue weighted by atomic mass is 10.3. The minimum atomic E-state index is -5.12. The molecule has 0 spiro atoms. The van der Waals surface area contributed by atoms with Crippen molar-refractivity contribution in [3.05, 3.63) is 0 Å². The lowest BCUT2D eigenvalue weighted by Gasteiger charge is -2.10. The number of aliphatic carboxylic acids is 1. The summed E-state index contributed by atoms with van der Waals surface area (Å²) >= 11 is 0. The molecule has 0 radical (unpaired) electrons. The number of nitrogens with one attached hydrogen (secondary N) is 1. The molecule has 12 heavy (non-hydrogen) atoms. The standard InChI is InChI=1S/C5H6F3NO3/c1-2(3(10)11)9-4(12)5(6,7)8/h2H,1H3,(H,9,12)(H,10,11)/t2-/m0/s1/i1D. The predicted octanol–water partition coefficient (Wildman–Crippen LogP) is 0.138. The number of rotatable bonds is 2. The van der Waals surface area contributed by atoms with Crippen LogP contribution in [0.5, 0.6) is 0 Å². The molecule has 0 saturated carbocycles. The Balaban J connectivity index is 4.26. The molecule has 0 heterocycles. The molecular weight excluding hydrogens is 179 g/mol. The number of carboxylic acids is 1. The molecular formula is C5H6F3NO3. The zero-order chi connectivity index (χ0) is 10.6. The summed E-state index contributed by atoms with van der Waals surface area (Å²) in [5.41, 5.74) is 0. The first-order valence-electron chi connectivity index (χ1n) is 3.39. The molecule has 0 unspecified atom stereocenters. The molecule has 2 N–H and O–H groups in total. The van der Waals surface area contributed by atoms with E-state index in [1.165, 1.54) is 0 Å². The highest BCUT2D eigenvalue weighted by molar-refractivity contribution is 5.86. The van der Waals surface area contributed by atoms with Crippen LogP contribution in [0.15, 0.2) is 0 Å². The van der Waals surface area contributed by atoms with Crippen LogP contribution < -0.4 is 5.32 Å². The number of carbonyl (C=O) groups is 2. The summed E-state index contributed by atoms with van der Waals surface area (Å²) in [5, 5.41) is 9.34. The summed E-state index contributed by atoms with van der Waals surface area (Å²) in [6.45, 7) is -0.850. The molecule has 0 aliphatic rings. The maximum Gasteiger partial charge on any atom is 0.471 e. The topological polar surface area (TPSA) is 66.4 Å². The van der Waals surface area contributed by atoms with E-state index in [9.17, 15) is 22.8 Å². The van der Waals surface area contributed by atoms with E-state index in [2.05, 4.69) is 0 Å². The average Bonchev–Trinajstić information content (AvgIpc) is 1.96.